The van der Waals surface area contributed by atoms with Crippen molar-refractivity contribution < 1.29 is 19.1 Å². The number of nitrogen functional groups attached to an aromatic ring is 1. The monoisotopic (exact) mass is 288 g/mol. The summed E-state index contributed by atoms with van der Waals surface area (Å²) in [5.41, 5.74) is 6.44. The fourth-order valence-electron chi connectivity index (χ4n) is 1.45. The van der Waals surface area contributed by atoms with Gasteiger partial charge < -0.3 is 20.3 Å². The zero-order valence-corrected chi connectivity index (χ0v) is 10.9. The first-order chi connectivity index (χ1) is 8.87. The van der Waals surface area contributed by atoms with Crippen molar-refractivity contribution in [3.05, 3.63) is 6.33 Å². The van der Waals surface area contributed by atoms with Crippen molar-refractivity contribution in [2.75, 3.05) is 12.1 Å². The smallest absolute Gasteiger partial charge is 0.350 e. The minimum atomic E-state index is -4.18. The van der Waals surface area contributed by atoms with Crippen LogP contribution < -0.4 is 5.73 Å². The van der Waals surface area contributed by atoms with Crippen molar-refractivity contribution in [1.82, 2.24) is 25.0 Å². The summed E-state index contributed by atoms with van der Waals surface area (Å²) in [7, 11) is -4.18. The molecule has 0 aromatic carbocycles. The minimum Gasteiger partial charge on any atom is -0.382 e. The SMILES string of the molecule is C[C@H](Cn1nnc2c(N)ncnc21)OCP(=O)(O)O. The second-order valence-electron chi connectivity index (χ2n) is 3.97. The summed E-state index contributed by atoms with van der Waals surface area (Å²) < 4.78 is 17.2. The van der Waals surface area contributed by atoms with Crippen LogP contribution in [-0.2, 0) is 15.8 Å². The van der Waals surface area contributed by atoms with Gasteiger partial charge in [-0.1, -0.05) is 5.21 Å². The Balaban J connectivity index is 2.09. The lowest BCUT2D eigenvalue weighted by atomic mass is 10.4. The van der Waals surface area contributed by atoms with Crippen molar-refractivity contribution in [1.29, 1.82) is 0 Å². The lowest BCUT2D eigenvalue weighted by molar-refractivity contribution is 0.0735. The Morgan fingerprint density at radius 3 is 2.95 bits per heavy atom. The van der Waals surface area contributed by atoms with Crippen molar-refractivity contribution in [3.63, 3.8) is 0 Å². The van der Waals surface area contributed by atoms with Crippen LogP contribution >= 0.6 is 7.60 Å². The van der Waals surface area contributed by atoms with Crippen molar-refractivity contribution >= 4 is 24.6 Å². The van der Waals surface area contributed by atoms with E-state index in [1.165, 1.54) is 11.0 Å². The molecule has 0 radical (unpaired) electrons. The van der Waals surface area contributed by atoms with E-state index in [0.717, 1.165) is 0 Å². The van der Waals surface area contributed by atoms with Crippen molar-refractivity contribution in [3.8, 4) is 0 Å². The fourth-order valence-corrected chi connectivity index (χ4v) is 1.90. The van der Waals surface area contributed by atoms with Gasteiger partial charge in [0.25, 0.3) is 0 Å². The van der Waals surface area contributed by atoms with E-state index in [2.05, 4.69) is 20.3 Å². The van der Waals surface area contributed by atoms with E-state index in [9.17, 15) is 4.57 Å². The molecule has 0 saturated heterocycles. The minimum absolute atomic E-state index is 0.222. The van der Waals surface area contributed by atoms with Gasteiger partial charge in [-0.2, -0.15) is 0 Å². The molecule has 0 saturated carbocycles. The number of ether oxygens (including phenoxy) is 1. The van der Waals surface area contributed by atoms with Gasteiger partial charge in [0.05, 0.1) is 12.6 Å². The van der Waals surface area contributed by atoms with Gasteiger partial charge in [0.2, 0.25) is 0 Å². The number of anilines is 1. The Bertz CT molecular complexity index is 625. The molecule has 0 spiro atoms. The normalized spacial score (nSPS) is 13.8. The maximum absolute atomic E-state index is 10.7. The van der Waals surface area contributed by atoms with E-state index < -0.39 is 20.0 Å². The molecule has 0 amide bonds. The molecule has 2 rings (SSSR count). The molecule has 11 heteroatoms. The lowest BCUT2D eigenvalue weighted by Crippen LogP contribution is -2.18. The van der Waals surface area contributed by atoms with E-state index in [1.54, 1.807) is 6.92 Å². The third-order valence-corrected chi connectivity index (χ3v) is 2.77. The highest BCUT2D eigenvalue weighted by molar-refractivity contribution is 7.51. The summed E-state index contributed by atoms with van der Waals surface area (Å²) in [6, 6.07) is 0. The molecule has 2 aromatic rings. The van der Waals surface area contributed by atoms with Crippen LogP contribution in [0.4, 0.5) is 5.82 Å². The highest BCUT2D eigenvalue weighted by Crippen LogP contribution is 2.34. The van der Waals surface area contributed by atoms with Gasteiger partial charge in [-0.3, -0.25) is 4.57 Å². The van der Waals surface area contributed by atoms with E-state index in [1.807, 2.05) is 0 Å². The van der Waals surface area contributed by atoms with Gasteiger partial charge in [0, 0.05) is 0 Å². The average molecular weight is 288 g/mol. The van der Waals surface area contributed by atoms with Crippen LogP contribution in [-0.4, -0.2) is 47.2 Å². The maximum atomic E-state index is 10.7. The van der Waals surface area contributed by atoms with Crippen LogP contribution in [0.3, 0.4) is 0 Å². The number of fused-ring (bicyclic) bond motifs is 1. The third kappa shape index (κ3) is 3.44. The van der Waals surface area contributed by atoms with Crippen LogP contribution in [0.5, 0.6) is 0 Å². The van der Waals surface area contributed by atoms with Crippen molar-refractivity contribution in [2.45, 2.75) is 19.6 Å². The Morgan fingerprint density at radius 1 is 1.53 bits per heavy atom. The molecule has 0 unspecified atom stereocenters. The van der Waals surface area contributed by atoms with Crippen LogP contribution in [0.1, 0.15) is 6.92 Å². The van der Waals surface area contributed by atoms with Crippen LogP contribution in [0, 0.1) is 0 Å². The first-order valence-corrected chi connectivity index (χ1v) is 7.12. The molecule has 2 heterocycles. The van der Waals surface area contributed by atoms with E-state index in [-0.39, 0.29) is 12.4 Å². The van der Waals surface area contributed by atoms with Gasteiger partial charge in [-0.15, -0.1) is 5.10 Å². The summed E-state index contributed by atoms with van der Waals surface area (Å²) in [5.74, 6) is 0.222. The molecule has 4 N–H and O–H groups in total. The molecule has 104 valence electrons. The van der Waals surface area contributed by atoms with Gasteiger partial charge in [-0.25, -0.2) is 14.6 Å². The molecule has 0 aliphatic heterocycles. The average Bonchev–Trinajstić information content (AvgIpc) is 2.71. The number of nitrogens with zero attached hydrogens (tertiary/aromatic N) is 5. The van der Waals surface area contributed by atoms with E-state index in [4.69, 9.17) is 20.3 Å². The quantitative estimate of drug-likeness (QED) is 0.609. The van der Waals surface area contributed by atoms with E-state index >= 15 is 0 Å². The highest BCUT2D eigenvalue weighted by atomic mass is 31.2. The number of rotatable bonds is 5. The summed E-state index contributed by atoms with van der Waals surface area (Å²) in [6.07, 6.45) is 0.185. The Morgan fingerprint density at radius 2 is 2.26 bits per heavy atom. The zero-order chi connectivity index (χ0) is 14.0. The zero-order valence-electron chi connectivity index (χ0n) is 10.0. The predicted octanol–water partition coefficient (Wildman–Crippen LogP) is -0.656. The molecule has 10 nitrogen and oxygen atoms in total. The Labute approximate surface area is 107 Å². The number of hydrogen-bond acceptors (Lipinski definition) is 7. The third-order valence-electron chi connectivity index (χ3n) is 2.29. The molecular formula is C8H13N6O4P. The fraction of sp³-hybridized carbons (Fsp3) is 0.500. The van der Waals surface area contributed by atoms with Crippen molar-refractivity contribution in [2.24, 2.45) is 0 Å². The van der Waals surface area contributed by atoms with Crippen LogP contribution in [0.2, 0.25) is 0 Å². The molecule has 2 aromatic heterocycles. The molecule has 0 aliphatic carbocycles. The number of nitrogens with two attached hydrogens (primary N) is 1. The summed E-state index contributed by atoms with van der Waals surface area (Å²) in [6.45, 7) is 1.90. The topological polar surface area (TPSA) is 149 Å². The Hall–Kier alpha value is -1.61. The molecule has 19 heavy (non-hydrogen) atoms. The largest absolute Gasteiger partial charge is 0.382 e. The van der Waals surface area contributed by atoms with Crippen LogP contribution in [0.25, 0.3) is 11.2 Å². The predicted molar refractivity (Wildman–Crippen MR) is 65.0 cm³/mol. The molecule has 0 aliphatic rings. The maximum Gasteiger partial charge on any atom is 0.350 e. The summed E-state index contributed by atoms with van der Waals surface area (Å²) in [5, 5.41) is 7.68. The van der Waals surface area contributed by atoms with Gasteiger partial charge in [-0.05, 0) is 6.92 Å². The first-order valence-electron chi connectivity index (χ1n) is 5.32. The standard InChI is InChI=1S/C8H13N6O4P/c1-5(18-4-19(15,16)17)2-14-8-6(12-13-14)7(9)10-3-11-8/h3,5H,2,4H2,1H3,(H2,9,10,11)(H2,15,16,17)/t5-/m1/s1. The van der Waals surface area contributed by atoms with Gasteiger partial charge >= 0.3 is 7.60 Å². The molecule has 0 fully saturated rings. The van der Waals surface area contributed by atoms with Crippen LogP contribution in [0.15, 0.2) is 6.33 Å². The number of hydrogen-bond donors (Lipinski definition) is 3. The molecule has 1 atom stereocenters. The Kier molecular flexibility index (Phi) is 3.76. The second kappa shape index (κ2) is 5.17. The highest BCUT2D eigenvalue weighted by Gasteiger charge is 2.17. The number of aromatic nitrogens is 5. The second-order valence-corrected chi connectivity index (χ2v) is 5.56. The first kappa shape index (κ1) is 13.8. The molecular weight excluding hydrogens is 275 g/mol. The van der Waals surface area contributed by atoms with E-state index in [0.29, 0.717) is 11.2 Å². The summed E-state index contributed by atoms with van der Waals surface area (Å²) >= 11 is 0. The lowest BCUT2D eigenvalue weighted by Gasteiger charge is -2.13. The van der Waals surface area contributed by atoms with Gasteiger partial charge in [0.15, 0.2) is 17.0 Å². The van der Waals surface area contributed by atoms with Gasteiger partial charge in [0.1, 0.15) is 12.7 Å². The summed E-state index contributed by atoms with van der Waals surface area (Å²) in [4.78, 5) is 25.2. The molecule has 0 bridgehead atoms.